The van der Waals surface area contributed by atoms with Gasteiger partial charge in [0.2, 0.25) is 6.10 Å². The van der Waals surface area contributed by atoms with Gasteiger partial charge >= 0.3 is 0 Å². The Bertz CT molecular complexity index is 898. The van der Waals surface area contributed by atoms with Crippen LogP contribution in [0.15, 0.2) is 53.7 Å². The number of ether oxygens (including phenoxy) is 1. The number of nitrogens with zero attached hydrogens (tertiary/aromatic N) is 3. The number of morpholine rings is 1. The van der Waals surface area contributed by atoms with Gasteiger partial charge in [-0.05, 0) is 18.6 Å². The molecular formula is C21H24N4O5. The van der Waals surface area contributed by atoms with Crippen molar-refractivity contribution in [3.63, 3.8) is 0 Å². The maximum atomic E-state index is 12.1. The minimum atomic E-state index is -0.799. The van der Waals surface area contributed by atoms with Crippen molar-refractivity contribution in [3.8, 4) is 0 Å². The molecule has 158 valence electrons. The molecule has 2 aromatic carbocycles. The van der Waals surface area contributed by atoms with Gasteiger partial charge in [0.25, 0.3) is 11.6 Å². The zero-order valence-corrected chi connectivity index (χ0v) is 16.7. The highest BCUT2D eigenvalue weighted by atomic mass is 16.6. The first-order chi connectivity index (χ1) is 14.5. The van der Waals surface area contributed by atoms with Gasteiger partial charge in [0.15, 0.2) is 0 Å². The molecule has 0 bridgehead atoms. The number of benzene rings is 2. The summed E-state index contributed by atoms with van der Waals surface area (Å²) in [6.45, 7) is 4.27. The van der Waals surface area contributed by atoms with E-state index < -0.39 is 11.0 Å². The number of amides is 1. The van der Waals surface area contributed by atoms with Crippen LogP contribution in [0.5, 0.6) is 0 Å². The predicted molar refractivity (Wildman–Crippen MR) is 113 cm³/mol. The lowest BCUT2D eigenvalue weighted by Crippen LogP contribution is -2.36. The topological polar surface area (TPSA) is 106 Å². The van der Waals surface area contributed by atoms with Crippen molar-refractivity contribution in [2.45, 2.75) is 19.6 Å². The summed E-state index contributed by atoms with van der Waals surface area (Å²) in [7, 11) is 0. The summed E-state index contributed by atoms with van der Waals surface area (Å²) in [4.78, 5) is 30.3. The number of nitrogens with one attached hydrogen (secondary N) is 1. The van der Waals surface area contributed by atoms with E-state index in [4.69, 9.17) is 9.57 Å². The molecule has 1 saturated heterocycles. The molecule has 1 amide bonds. The molecule has 0 saturated carbocycles. The average molecular weight is 412 g/mol. The molecule has 1 heterocycles. The molecule has 1 N–H and O–H groups in total. The van der Waals surface area contributed by atoms with Crippen molar-refractivity contribution in [1.82, 2.24) is 5.32 Å². The average Bonchev–Trinajstić information content (AvgIpc) is 2.78. The van der Waals surface area contributed by atoms with E-state index in [0.717, 1.165) is 5.56 Å². The molecule has 0 unspecified atom stereocenters. The molecule has 0 spiro atoms. The van der Waals surface area contributed by atoms with Gasteiger partial charge in [0.05, 0.1) is 24.4 Å². The number of hydrogen-bond donors (Lipinski definition) is 1. The molecule has 1 fully saturated rings. The Morgan fingerprint density at radius 1 is 1.30 bits per heavy atom. The number of carbonyl (C=O) groups is 1. The SMILES string of the molecule is C[C@H](O/N=C\c1ccc(N2CCOCC2)c([N+](=O)[O-])c1)C(=O)NCc1ccccc1. The van der Waals surface area contributed by atoms with Gasteiger partial charge < -0.3 is 19.8 Å². The third-order valence-electron chi connectivity index (χ3n) is 4.65. The second-order valence-electron chi connectivity index (χ2n) is 6.79. The third kappa shape index (κ3) is 5.77. The van der Waals surface area contributed by atoms with Gasteiger partial charge in [-0.3, -0.25) is 14.9 Å². The number of anilines is 1. The van der Waals surface area contributed by atoms with Crippen LogP contribution < -0.4 is 10.2 Å². The molecular weight excluding hydrogens is 388 g/mol. The molecule has 30 heavy (non-hydrogen) atoms. The number of nitro benzene ring substituents is 1. The quantitative estimate of drug-likeness (QED) is 0.406. The maximum absolute atomic E-state index is 12.1. The van der Waals surface area contributed by atoms with Crippen LogP contribution in [-0.4, -0.2) is 49.5 Å². The molecule has 9 heteroatoms. The lowest BCUT2D eigenvalue weighted by molar-refractivity contribution is -0.384. The Morgan fingerprint density at radius 3 is 2.73 bits per heavy atom. The van der Waals surface area contributed by atoms with Gasteiger partial charge in [-0.25, -0.2) is 0 Å². The molecule has 1 atom stereocenters. The summed E-state index contributed by atoms with van der Waals surface area (Å²) in [5.41, 5.74) is 2.04. The van der Waals surface area contributed by atoms with E-state index in [1.807, 2.05) is 35.2 Å². The normalized spacial score (nSPS) is 15.0. The Kier molecular flexibility index (Phi) is 7.34. The minimum absolute atomic E-state index is 0.00509. The number of nitro groups is 1. The largest absolute Gasteiger partial charge is 0.383 e. The fourth-order valence-corrected chi connectivity index (χ4v) is 3.00. The first-order valence-corrected chi connectivity index (χ1v) is 9.66. The van der Waals surface area contributed by atoms with E-state index in [0.29, 0.717) is 44.1 Å². The van der Waals surface area contributed by atoms with E-state index >= 15 is 0 Å². The lowest BCUT2D eigenvalue weighted by atomic mass is 10.1. The summed E-state index contributed by atoms with van der Waals surface area (Å²) in [6, 6.07) is 14.4. The highest BCUT2D eigenvalue weighted by molar-refractivity contribution is 5.83. The van der Waals surface area contributed by atoms with Gasteiger partial charge in [-0.15, -0.1) is 0 Å². The molecule has 0 aromatic heterocycles. The Hall–Kier alpha value is -3.46. The van der Waals surface area contributed by atoms with Crippen molar-refractivity contribution in [1.29, 1.82) is 0 Å². The monoisotopic (exact) mass is 412 g/mol. The van der Waals surface area contributed by atoms with Crippen LogP contribution in [0.1, 0.15) is 18.1 Å². The summed E-state index contributed by atoms with van der Waals surface area (Å²) in [6.07, 6.45) is 0.560. The van der Waals surface area contributed by atoms with Crippen molar-refractivity contribution in [2.75, 3.05) is 31.2 Å². The lowest BCUT2D eigenvalue weighted by Gasteiger charge is -2.28. The van der Waals surface area contributed by atoms with E-state index in [-0.39, 0.29) is 11.6 Å². The standard InChI is InChI=1S/C21H24N4O5/c1-16(21(26)22-14-17-5-3-2-4-6-17)30-23-15-18-7-8-19(20(13-18)25(27)28)24-9-11-29-12-10-24/h2-8,13,15-16H,9-12,14H2,1H3,(H,22,26)/b23-15-/t16-/m0/s1. The van der Waals surface area contributed by atoms with Crippen LogP contribution >= 0.6 is 0 Å². The van der Waals surface area contributed by atoms with E-state index in [9.17, 15) is 14.9 Å². The van der Waals surface area contributed by atoms with Gasteiger partial charge in [-0.1, -0.05) is 41.6 Å². The number of hydrogen-bond acceptors (Lipinski definition) is 7. The summed E-state index contributed by atoms with van der Waals surface area (Å²) < 4.78 is 5.30. The molecule has 3 rings (SSSR count). The van der Waals surface area contributed by atoms with Crippen LogP contribution in [0.2, 0.25) is 0 Å². The zero-order valence-electron chi connectivity index (χ0n) is 16.7. The Labute approximate surface area is 174 Å². The first kappa shape index (κ1) is 21.3. The molecule has 2 aromatic rings. The van der Waals surface area contributed by atoms with Gasteiger partial charge in [0, 0.05) is 31.3 Å². The van der Waals surface area contributed by atoms with E-state index in [2.05, 4.69) is 10.5 Å². The molecule has 0 aliphatic carbocycles. The van der Waals surface area contributed by atoms with E-state index in [1.165, 1.54) is 12.3 Å². The van der Waals surface area contributed by atoms with Gasteiger partial charge in [0.1, 0.15) is 5.69 Å². The second-order valence-corrected chi connectivity index (χ2v) is 6.79. The minimum Gasteiger partial charge on any atom is -0.383 e. The predicted octanol–water partition coefficient (Wildman–Crippen LogP) is 2.49. The molecule has 1 aliphatic heterocycles. The number of oxime groups is 1. The van der Waals surface area contributed by atoms with Crippen LogP contribution in [-0.2, 0) is 20.9 Å². The highest BCUT2D eigenvalue weighted by Gasteiger charge is 2.21. The van der Waals surface area contributed by atoms with Crippen LogP contribution in [0.25, 0.3) is 0 Å². The van der Waals surface area contributed by atoms with Crippen molar-refractivity contribution >= 4 is 23.5 Å². The van der Waals surface area contributed by atoms with Crippen LogP contribution in [0, 0.1) is 10.1 Å². The number of carbonyl (C=O) groups excluding carboxylic acids is 1. The third-order valence-corrected chi connectivity index (χ3v) is 4.65. The molecule has 9 nitrogen and oxygen atoms in total. The second kappa shape index (κ2) is 10.4. The fourth-order valence-electron chi connectivity index (χ4n) is 3.00. The summed E-state index contributed by atoms with van der Waals surface area (Å²) in [5, 5.41) is 18.1. The Balaban J connectivity index is 1.57. The first-order valence-electron chi connectivity index (χ1n) is 9.66. The van der Waals surface area contributed by atoms with E-state index in [1.54, 1.807) is 19.1 Å². The van der Waals surface area contributed by atoms with Crippen LogP contribution in [0.4, 0.5) is 11.4 Å². The molecule has 0 radical (unpaired) electrons. The summed E-state index contributed by atoms with van der Waals surface area (Å²) in [5.74, 6) is -0.301. The van der Waals surface area contributed by atoms with Crippen LogP contribution in [0.3, 0.4) is 0 Å². The maximum Gasteiger partial charge on any atom is 0.293 e. The fraction of sp³-hybridized carbons (Fsp3) is 0.333. The Morgan fingerprint density at radius 2 is 2.03 bits per heavy atom. The summed E-state index contributed by atoms with van der Waals surface area (Å²) >= 11 is 0. The number of rotatable bonds is 8. The molecule has 1 aliphatic rings. The van der Waals surface area contributed by atoms with Crippen molar-refractivity contribution in [2.24, 2.45) is 5.16 Å². The smallest absolute Gasteiger partial charge is 0.293 e. The highest BCUT2D eigenvalue weighted by Crippen LogP contribution is 2.29. The van der Waals surface area contributed by atoms with Gasteiger partial charge in [-0.2, -0.15) is 0 Å². The van der Waals surface area contributed by atoms with Crippen molar-refractivity contribution < 1.29 is 19.3 Å². The van der Waals surface area contributed by atoms with Crippen molar-refractivity contribution in [3.05, 3.63) is 69.8 Å². The zero-order chi connectivity index (χ0) is 21.3.